The maximum Gasteiger partial charge on any atom is 0.253 e. The third-order valence-electron chi connectivity index (χ3n) is 2.15. The molecule has 1 amide bonds. The lowest BCUT2D eigenvalue weighted by molar-refractivity contribution is 0.0745. The van der Waals surface area contributed by atoms with Gasteiger partial charge in [-0.15, -0.1) is 0 Å². The molecule has 0 aliphatic heterocycles. The third kappa shape index (κ3) is 3.57. The maximum atomic E-state index is 12.0. The van der Waals surface area contributed by atoms with E-state index in [4.69, 9.17) is 0 Å². The predicted octanol–water partition coefficient (Wildman–Crippen LogP) is 2.51. The minimum Gasteiger partial charge on any atom is -0.508 e. The van der Waals surface area contributed by atoms with Gasteiger partial charge in [0.05, 0.1) is 0 Å². The fourth-order valence-corrected chi connectivity index (χ4v) is 1.64. The molecule has 1 N–H and O–H groups in total. The Balaban J connectivity index is 2.78. The van der Waals surface area contributed by atoms with Crippen molar-refractivity contribution in [2.45, 2.75) is 20.8 Å². The van der Waals surface area contributed by atoms with Gasteiger partial charge < -0.3 is 10.0 Å². The average molecular weight is 221 g/mol. The van der Waals surface area contributed by atoms with Gasteiger partial charge in [0.25, 0.3) is 5.91 Å². The van der Waals surface area contributed by atoms with E-state index in [1.807, 2.05) is 0 Å². The molecule has 0 heterocycles. The van der Waals surface area contributed by atoms with Gasteiger partial charge in [-0.25, -0.2) is 0 Å². The Morgan fingerprint density at radius 2 is 2.00 bits per heavy atom. The van der Waals surface area contributed by atoms with Crippen molar-refractivity contribution in [3.05, 3.63) is 29.8 Å². The molecule has 0 saturated carbocycles. The lowest BCUT2D eigenvalue weighted by Crippen LogP contribution is -2.34. The molecular formula is C13H19NO2. The first-order valence-corrected chi connectivity index (χ1v) is 5.34. The van der Waals surface area contributed by atoms with Crippen LogP contribution in [-0.2, 0) is 0 Å². The first-order valence-electron chi connectivity index (χ1n) is 5.34. The Morgan fingerprint density at radius 3 is 2.50 bits per heavy atom. The minimum atomic E-state index is -0.0641. The van der Waals surface area contributed by atoms with Crippen LogP contribution in [0.15, 0.2) is 24.3 Å². The van der Waals surface area contributed by atoms with Gasteiger partial charge in [-0.2, -0.15) is 0 Å². The van der Waals surface area contributed by atoms with Crippen LogP contribution in [0.2, 0.25) is 0 Å². The van der Waals surface area contributed by atoms with E-state index >= 15 is 0 Å². The van der Waals surface area contributed by atoms with Gasteiger partial charge in [0.2, 0.25) is 0 Å². The molecule has 1 aromatic carbocycles. The number of phenols is 1. The van der Waals surface area contributed by atoms with Gasteiger partial charge in [0.15, 0.2) is 0 Å². The van der Waals surface area contributed by atoms with Gasteiger partial charge in [0, 0.05) is 19.2 Å². The highest BCUT2D eigenvalue weighted by atomic mass is 16.3. The van der Waals surface area contributed by atoms with Crippen LogP contribution in [-0.4, -0.2) is 29.5 Å². The average Bonchev–Trinajstić information content (AvgIpc) is 2.14. The highest BCUT2D eigenvalue weighted by Gasteiger charge is 2.18. The highest BCUT2D eigenvalue weighted by molar-refractivity contribution is 5.94. The second kappa shape index (κ2) is 4.56. The van der Waals surface area contributed by atoms with Gasteiger partial charge in [0.1, 0.15) is 5.75 Å². The number of phenolic OH excluding ortho intramolecular Hbond substituents is 1. The summed E-state index contributed by atoms with van der Waals surface area (Å²) in [6.45, 7) is 6.93. The molecule has 1 rings (SSSR count). The number of aromatic hydroxyl groups is 1. The molecule has 3 nitrogen and oxygen atoms in total. The van der Waals surface area contributed by atoms with Crippen LogP contribution in [0.5, 0.6) is 5.75 Å². The van der Waals surface area contributed by atoms with Crippen molar-refractivity contribution < 1.29 is 9.90 Å². The minimum absolute atomic E-state index is 0.0641. The van der Waals surface area contributed by atoms with Crippen LogP contribution in [0.4, 0.5) is 0 Å². The monoisotopic (exact) mass is 221 g/mol. The molecule has 0 atom stereocenters. The molecule has 0 aliphatic carbocycles. The maximum absolute atomic E-state index is 12.0. The largest absolute Gasteiger partial charge is 0.508 e. The number of amides is 1. The Morgan fingerprint density at radius 1 is 1.38 bits per heavy atom. The van der Waals surface area contributed by atoms with E-state index in [2.05, 4.69) is 20.8 Å². The van der Waals surface area contributed by atoms with Crippen molar-refractivity contribution in [1.82, 2.24) is 4.90 Å². The predicted molar refractivity (Wildman–Crippen MR) is 64.5 cm³/mol. The van der Waals surface area contributed by atoms with E-state index in [-0.39, 0.29) is 17.1 Å². The Hall–Kier alpha value is -1.51. The van der Waals surface area contributed by atoms with Crippen LogP contribution in [0, 0.1) is 5.41 Å². The SMILES string of the molecule is CN(CC(C)(C)C)C(=O)c1cccc(O)c1. The Labute approximate surface area is 96.7 Å². The summed E-state index contributed by atoms with van der Waals surface area (Å²) >= 11 is 0. The molecule has 88 valence electrons. The molecule has 0 aliphatic rings. The standard InChI is InChI=1S/C13H19NO2/c1-13(2,3)9-14(4)12(16)10-6-5-7-11(15)8-10/h5-8,15H,9H2,1-4H3. The quantitative estimate of drug-likeness (QED) is 0.833. The van der Waals surface area contributed by atoms with Crippen LogP contribution in [0.1, 0.15) is 31.1 Å². The summed E-state index contributed by atoms with van der Waals surface area (Å²) in [7, 11) is 1.78. The van der Waals surface area contributed by atoms with Crippen LogP contribution >= 0.6 is 0 Å². The van der Waals surface area contributed by atoms with Crippen molar-refractivity contribution in [2.75, 3.05) is 13.6 Å². The molecule has 0 radical (unpaired) electrons. The lowest BCUT2D eigenvalue weighted by Gasteiger charge is -2.26. The summed E-state index contributed by atoms with van der Waals surface area (Å²) in [5.41, 5.74) is 0.591. The number of carbonyl (C=O) groups excluding carboxylic acids is 1. The third-order valence-corrected chi connectivity index (χ3v) is 2.15. The Kier molecular flexibility index (Phi) is 3.58. The first-order chi connectivity index (χ1) is 7.29. The zero-order valence-corrected chi connectivity index (χ0v) is 10.3. The van der Waals surface area contributed by atoms with Gasteiger partial charge in [-0.1, -0.05) is 26.8 Å². The summed E-state index contributed by atoms with van der Waals surface area (Å²) < 4.78 is 0. The summed E-state index contributed by atoms with van der Waals surface area (Å²) in [4.78, 5) is 13.7. The van der Waals surface area contributed by atoms with E-state index in [1.54, 1.807) is 30.1 Å². The fraction of sp³-hybridized carbons (Fsp3) is 0.462. The molecule has 0 saturated heterocycles. The first kappa shape index (κ1) is 12.6. The number of hydrogen-bond acceptors (Lipinski definition) is 2. The van der Waals surface area contributed by atoms with Crippen molar-refractivity contribution in [3.63, 3.8) is 0 Å². The smallest absolute Gasteiger partial charge is 0.253 e. The number of hydrogen-bond donors (Lipinski definition) is 1. The van der Waals surface area contributed by atoms with Crippen molar-refractivity contribution >= 4 is 5.91 Å². The summed E-state index contributed by atoms with van der Waals surface area (Å²) in [5, 5.41) is 9.31. The van der Waals surface area contributed by atoms with E-state index < -0.39 is 0 Å². The highest BCUT2D eigenvalue weighted by Crippen LogP contribution is 2.17. The zero-order chi connectivity index (χ0) is 12.3. The van der Waals surface area contributed by atoms with Gasteiger partial charge >= 0.3 is 0 Å². The van der Waals surface area contributed by atoms with Crippen molar-refractivity contribution in [3.8, 4) is 5.75 Å². The molecule has 0 unspecified atom stereocenters. The van der Waals surface area contributed by atoms with E-state index in [0.717, 1.165) is 0 Å². The van der Waals surface area contributed by atoms with Crippen LogP contribution in [0.3, 0.4) is 0 Å². The molecule has 0 bridgehead atoms. The molecule has 0 spiro atoms. The normalized spacial score (nSPS) is 11.2. The van der Waals surface area contributed by atoms with Crippen molar-refractivity contribution in [2.24, 2.45) is 5.41 Å². The zero-order valence-electron chi connectivity index (χ0n) is 10.3. The van der Waals surface area contributed by atoms with Gasteiger partial charge in [-0.05, 0) is 23.6 Å². The summed E-state index contributed by atoms with van der Waals surface area (Å²) in [6.07, 6.45) is 0. The lowest BCUT2D eigenvalue weighted by atomic mass is 9.96. The van der Waals surface area contributed by atoms with E-state index in [1.165, 1.54) is 6.07 Å². The topological polar surface area (TPSA) is 40.5 Å². The molecule has 0 aromatic heterocycles. The number of carbonyl (C=O) groups is 1. The second-order valence-electron chi connectivity index (χ2n) is 5.27. The fourth-order valence-electron chi connectivity index (χ4n) is 1.64. The van der Waals surface area contributed by atoms with E-state index in [0.29, 0.717) is 12.1 Å². The molecule has 3 heteroatoms. The van der Waals surface area contributed by atoms with E-state index in [9.17, 15) is 9.90 Å². The number of nitrogens with zero attached hydrogens (tertiary/aromatic N) is 1. The molecule has 0 fully saturated rings. The summed E-state index contributed by atoms with van der Waals surface area (Å²) in [5.74, 6) is 0.0563. The molecule has 1 aromatic rings. The Bertz CT molecular complexity index is 380. The van der Waals surface area contributed by atoms with Crippen molar-refractivity contribution in [1.29, 1.82) is 0 Å². The molecular weight excluding hydrogens is 202 g/mol. The number of rotatable bonds is 2. The molecule has 16 heavy (non-hydrogen) atoms. The summed E-state index contributed by atoms with van der Waals surface area (Å²) in [6, 6.07) is 6.43. The van der Waals surface area contributed by atoms with Gasteiger partial charge in [-0.3, -0.25) is 4.79 Å². The second-order valence-corrected chi connectivity index (χ2v) is 5.27. The van der Waals surface area contributed by atoms with Crippen LogP contribution in [0.25, 0.3) is 0 Å². The number of benzene rings is 1. The van der Waals surface area contributed by atoms with Crippen LogP contribution < -0.4 is 0 Å².